The first-order valence-electron chi connectivity index (χ1n) is 7.57. The average Bonchev–Trinajstić information content (AvgIpc) is 2.98. The standard InChI is InChI=1S/C14H24N4O3.ClH/c1-17-9-13(20)18(14(17)21)7-3-6-12(19)16-11-5-2-4-10(11)8-15;/h10-11H,2-9,15H2,1H3,(H,16,19);1H. The Labute approximate surface area is 137 Å². The van der Waals surface area contributed by atoms with E-state index in [1.807, 2.05) is 0 Å². The van der Waals surface area contributed by atoms with Crippen LogP contribution in [0.1, 0.15) is 32.1 Å². The van der Waals surface area contributed by atoms with Gasteiger partial charge in [-0.3, -0.25) is 14.5 Å². The Morgan fingerprint density at radius 3 is 2.68 bits per heavy atom. The highest BCUT2D eigenvalue weighted by molar-refractivity contribution is 6.01. The van der Waals surface area contributed by atoms with Crippen molar-refractivity contribution in [2.45, 2.75) is 38.1 Å². The van der Waals surface area contributed by atoms with Gasteiger partial charge in [0.05, 0.1) is 0 Å². The number of carbonyl (C=O) groups is 3. The normalized spacial score (nSPS) is 24.6. The Balaban J connectivity index is 0.00000242. The van der Waals surface area contributed by atoms with E-state index in [0.717, 1.165) is 19.3 Å². The summed E-state index contributed by atoms with van der Waals surface area (Å²) in [5, 5.41) is 3.02. The topological polar surface area (TPSA) is 95.7 Å². The molecule has 1 aliphatic heterocycles. The Kier molecular flexibility index (Phi) is 7.09. The Bertz CT molecular complexity index is 432. The molecule has 2 rings (SSSR count). The fourth-order valence-electron chi connectivity index (χ4n) is 3.07. The molecule has 1 saturated carbocycles. The summed E-state index contributed by atoms with van der Waals surface area (Å²) in [6, 6.07) is -0.0944. The minimum atomic E-state index is -0.278. The van der Waals surface area contributed by atoms with Crippen molar-refractivity contribution < 1.29 is 14.4 Å². The largest absolute Gasteiger partial charge is 0.353 e. The summed E-state index contributed by atoms with van der Waals surface area (Å²) in [6.07, 6.45) is 3.99. The lowest BCUT2D eigenvalue weighted by atomic mass is 10.0. The summed E-state index contributed by atoms with van der Waals surface area (Å²) in [4.78, 5) is 37.8. The molecule has 2 fully saturated rings. The smallest absolute Gasteiger partial charge is 0.326 e. The first-order chi connectivity index (χ1) is 10.0. The molecular weight excluding hydrogens is 308 g/mol. The van der Waals surface area contributed by atoms with Gasteiger partial charge in [0.25, 0.3) is 0 Å². The molecule has 8 heteroatoms. The van der Waals surface area contributed by atoms with Gasteiger partial charge in [-0.25, -0.2) is 4.79 Å². The maximum Gasteiger partial charge on any atom is 0.326 e. The van der Waals surface area contributed by atoms with E-state index >= 15 is 0 Å². The molecular formula is C14H25ClN4O3. The van der Waals surface area contributed by atoms with Gasteiger partial charge in [0.2, 0.25) is 11.8 Å². The lowest BCUT2D eigenvalue weighted by molar-refractivity contribution is -0.126. The van der Waals surface area contributed by atoms with Gasteiger partial charge in [0.15, 0.2) is 0 Å². The molecule has 1 saturated heterocycles. The maximum atomic E-state index is 11.9. The Morgan fingerprint density at radius 1 is 1.36 bits per heavy atom. The number of likely N-dealkylation sites (N-methyl/N-ethyl adjacent to an activating group) is 1. The lowest BCUT2D eigenvalue weighted by Crippen LogP contribution is -2.40. The van der Waals surface area contributed by atoms with E-state index in [1.165, 1.54) is 9.80 Å². The van der Waals surface area contributed by atoms with E-state index in [-0.39, 0.29) is 42.8 Å². The number of hydrogen-bond acceptors (Lipinski definition) is 4. The zero-order valence-corrected chi connectivity index (χ0v) is 13.7. The Hall–Kier alpha value is -1.34. The first-order valence-corrected chi connectivity index (χ1v) is 7.57. The summed E-state index contributed by atoms with van der Waals surface area (Å²) in [7, 11) is 1.60. The molecule has 1 aliphatic carbocycles. The molecule has 4 amide bonds. The van der Waals surface area contributed by atoms with E-state index in [4.69, 9.17) is 5.73 Å². The third-order valence-corrected chi connectivity index (χ3v) is 4.32. The number of rotatable bonds is 6. The van der Waals surface area contributed by atoms with Crippen molar-refractivity contribution in [3.8, 4) is 0 Å². The van der Waals surface area contributed by atoms with Crippen molar-refractivity contribution in [1.29, 1.82) is 0 Å². The second-order valence-electron chi connectivity index (χ2n) is 5.89. The van der Waals surface area contributed by atoms with Crippen molar-refractivity contribution in [2.75, 3.05) is 26.7 Å². The molecule has 0 bridgehead atoms. The molecule has 1 heterocycles. The number of halogens is 1. The molecule has 22 heavy (non-hydrogen) atoms. The maximum absolute atomic E-state index is 11.9. The van der Waals surface area contributed by atoms with Gasteiger partial charge in [0, 0.05) is 26.1 Å². The van der Waals surface area contributed by atoms with Crippen LogP contribution in [-0.4, -0.2) is 60.4 Å². The van der Waals surface area contributed by atoms with Gasteiger partial charge < -0.3 is 16.0 Å². The van der Waals surface area contributed by atoms with E-state index in [2.05, 4.69) is 5.32 Å². The van der Waals surface area contributed by atoms with Gasteiger partial charge >= 0.3 is 6.03 Å². The van der Waals surface area contributed by atoms with Crippen LogP contribution in [0.2, 0.25) is 0 Å². The zero-order chi connectivity index (χ0) is 15.4. The number of hydrogen-bond donors (Lipinski definition) is 2. The second-order valence-corrected chi connectivity index (χ2v) is 5.89. The molecule has 2 atom stereocenters. The molecule has 0 aromatic carbocycles. The fraction of sp³-hybridized carbons (Fsp3) is 0.786. The molecule has 126 valence electrons. The van der Waals surface area contributed by atoms with Crippen LogP contribution in [-0.2, 0) is 9.59 Å². The Morgan fingerprint density at radius 2 is 2.09 bits per heavy atom. The third kappa shape index (κ3) is 4.33. The van der Waals surface area contributed by atoms with Crippen molar-refractivity contribution in [1.82, 2.24) is 15.1 Å². The van der Waals surface area contributed by atoms with Crippen LogP contribution in [0.15, 0.2) is 0 Å². The van der Waals surface area contributed by atoms with Crippen LogP contribution in [0.25, 0.3) is 0 Å². The number of imide groups is 1. The monoisotopic (exact) mass is 332 g/mol. The molecule has 3 N–H and O–H groups in total. The molecule has 2 aliphatic rings. The first kappa shape index (κ1) is 18.7. The molecule has 0 aromatic heterocycles. The van der Waals surface area contributed by atoms with Crippen molar-refractivity contribution in [3.63, 3.8) is 0 Å². The highest BCUT2D eigenvalue weighted by Gasteiger charge is 2.33. The van der Waals surface area contributed by atoms with Gasteiger partial charge in [0.1, 0.15) is 6.54 Å². The van der Waals surface area contributed by atoms with Crippen LogP contribution in [0.5, 0.6) is 0 Å². The van der Waals surface area contributed by atoms with Crippen LogP contribution < -0.4 is 11.1 Å². The highest BCUT2D eigenvalue weighted by atomic mass is 35.5. The van der Waals surface area contributed by atoms with E-state index in [9.17, 15) is 14.4 Å². The van der Waals surface area contributed by atoms with Crippen LogP contribution in [0.3, 0.4) is 0 Å². The van der Waals surface area contributed by atoms with E-state index < -0.39 is 0 Å². The minimum absolute atomic E-state index is 0. The molecule has 2 unspecified atom stereocenters. The fourth-order valence-corrected chi connectivity index (χ4v) is 3.07. The summed E-state index contributed by atoms with van der Waals surface area (Å²) in [5.74, 6) is 0.166. The van der Waals surface area contributed by atoms with Crippen LogP contribution >= 0.6 is 12.4 Å². The van der Waals surface area contributed by atoms with Gasteiger partial charge in [-0.2, -0.15) is 0 Å². The van der Waals surface area contributed by atoms with Crippen molar-refractivity contribution in [2.24, 2.45) is 11.7 Å². The summed E-state index contributed by atoms with van der Waals surface area (Å²) >= 11 is 0. The number of carbonyl (C=O) groups excluding carboxylic acids is 3. The number of nitrogens with zero attached hydrogens (tertiary/aromatic N) is 2. The molecule has 7 nitrogen and oxygen atoms in total. The van der Waals surface area contributed by atoms with Crippen molar-refractivity contribution in [3.05, 3.63) is 0 Å². The molecule has 0 spiro atoms. The highest BCUT2D eigenvalue weighted by Crippen LogP contribution is 2.24. The summed E-state index contributed by atoms with van der Waals surface area (Å²) in [5.41, 5.74) is 5.69. The predicted molar refractivity (Wildman–Crippen MR) is 84.5 cm³/mol. The minimum Gasteiger partial charge on any atom is -0.353 e. The lowest BCUT2D eigenvalue weighted by Gasteiger charge is -2.20. The van der Waals surface area contributed by atoms with E-state index in [1.54, 1.807) is 7.05 Å². The SMILES string of the molecule is CN1CC(=O)N(CCCC(=O)NC2CCCC2CN)C1=O.Cl. The molecule has 0 radical (unpaired) electrons. The number of nitrogens with two attached hydrogens (primary N) is 1. The van der Waals surface area contributed by atoms with Crippen LogP contribution in [0.4, 0.5) is 4.79 Å². The quantitative estimate of drug-likeness (QED) is 0.685. The average molecular weight is 333 g/mol. The predicted octanol–water partition coefficient (Wildman–Crippen LogP) is 0.326. The number of nitrogens with one attached hydrogen (secondary N) is 1. The van der Waals surface area contributed by atoms with Gasteiger partial charge in [-0.15, -0.1) is 12.4 Å². The molecule has 0 aromatic rings. The second kappa shape index (κ2) is 8.33. The summed E-state index contributed by atoms with van der Waals surface area (Å²) < 4.78 is 0. The summed E-state index contributed by atoms with van der Waals surface area (Å²) in [6.45, 7) is 1.04. The number of urea groups is 1. The van der Waals surface area contributed by atoms with E-state index in [0.29, 0.717) is 31.8 Å². The van der Waals surface area contributed by atoms with Crippen molar-refractivity contribution >= 4 is 30.3 Å². The van der Waals surface area contributed by atoms with Crippen LogP contribution in [0, 0.1) is 5.92 Å². The third-order valence-electron chi connectivity index (χ3n) is 4.32. The van der Waals surface area contributed by atoms with Gasteiger partial charge in [-0.05, 0) is 31.7 Å². The zero-order valence-electron chi connectivity index (χ0n) is 12.9. The van der Waals surface area contributed by atoms with Gasteiger partial charge in [-0.1, -0.05) is 6.42 Å². The number of amides is 4.